The average molecular weight is 286 g/mol. The zero-order valence-electron chi connectivity index (χ0n) is 11.4. The molecule has 0 aromatic heterocycles. The quantitative estimate of drug-likeness (QED) is 0.631. The van der Waals surface area contributed by atoms with E-state index < -0.39 is 10.0 Å². The van der Waals surface area contributed by atoms with Crippen LogP contribution in [0.2, 0.25) is 0 Å². The Labute approximate surface area is 115 Å². The number of rotatable bonds is 8. The van der Waals surface area contributed by atoms with Crippen molar-refractivity contribution in [2.24, 2.45) is 5.92 Å². The molecule has 0 radical (unpaired) electrons. The molecule has 0 bridgehead atoms. The van der Waals surface area contributed by atoms with Crippen LogP contribution in [0.4, 0.5) is 5.69 Å². The molecule has 0 heterocycles. The van der Waals surface area contributed by atoms with E-state index in [1.54, 1.807) is 24.3 Å². The molecule has 6 heteroatoms. The lowest BCUT2D eigenvalue weighted by atomic mass is 10.1. The van der Waals surface area contributed by atoms with Crippen LogP contribution in [-0.4, -0.2) is 33.7 Å². The molecule has 3 N–H and O–H groups in total. The summed E-state index contributed by atoms with van der Waals surface area (Å²) >= 11 is 0. The van der Waals surface area contributed by atoms with Gasteiger partial charge in [-0.25, -0.2) is 13.1 Å². The van der Waals surface area contributed by atoms with Crippen LogP contribution in [0.1, 0.15) is 19.8 Å². The van der Waals surface area contributed by atoms with Crippen molar-refractivity contribution in [3.63, 3.8) is 0 Å². The molecular weight excluding hydrogens is 264 g/mol. The number of nitrogens with one attached hydrogen (secondary N) is 2. The van der Waals surface area contributed by atoms with Crippen LogP contribution in [0.15, 0.2) is 29.2 Å². The summed E-state index contributed by atoms with van der Waals surface area (Å²) in [5, 5.41) is 12.1. The third-order valence-electron chi connectivity index (χ3n) is 2.95. The second-order valence-corrected chi connectivity index (χ2v) is 6.42. The van der Waals surface area contributed by atoms with Crippen LogP contribution in [0.3, 0.4) is 0 Å². The molecule has 0 amide bonds. The van der Waals surface area contributed by atoms with E-state index in [0.29, 0.717) is 12.2 Å². The van der Waals surface area contributed by atoms with Crippen LogP contribution in [0.5, 0.6) is 0 Å². The molecular formula is C13H22N2O3S. The molecule has 108 valence electrons. The van der Waals surface area contributed by atoms with E-state index in [9.17, 15) is 8.42 Å². The van der Waals surface area contributed by atoms with Crippen LogP contribution in [0.25, 0.3) is 0 Å². The van der Waals surface area contributed by atoms with Crippen LogP contribution in [0, 0.1) is 5.92 Å². The van der Waals surface area contributed by atoms with Gasteiger partial charge in [0.1, 0.15) is 4.90 Å². The fourth-order valence-corrected chi connectivity index (χ4v) is 2.63. The van der Waals surface area contributed by atoms with Gasteiger partial charge >= 0.3 is 0 Å². The Kier molecular flexibility index (Phi) is 6.27. The predicted molar refractivity (Wildman–Crippen MR) is 76.7 cm³/mol. The molecule has 0 saturated carbocycles. The highest BCUT2D eigenvalue weighted by Crippen LogP contribution is 2.20. The summed E-state index contributed by atoms with van der Waals surface area (Å²) in [5.74, 6) is 0.276. The first kappa shape index (κ1) is 15.9. The first-order chi connectivity index (χ1) is 9.01. The third kappa shape index (κ3) is 4.81. The Morgan fingerprint density at radius 2 is 2.00 bits per heavy atom. The Balaban J connectivity index is 2.64. The minimum atomic E-state index is -3.44. The molecule has 1 unspecified atom stereocenters. The maximum absolute atomic E-state index is 11.8. The summed E-state index contributed by atoms with van der Waals surface area (Å²) in [5.41, 5.74) is 0.605. The smallest absolute Gasteiger partial charge is 0.242 e. The summed E-state index contributed by atoms with van der Waals surface area (Å²) in [6.45, 7) is 2.85. The molecule has 1 aromatic carbocycles. The molecule has 0 aliphatic carbocycles. The molecule has 19 heavy (non-hydrogen) atoms. The lowest BCUT2D eigenvalue weighted by molar-refractivity contribution is 0.229. The van der Waals surface area contributed by atoms with Crippen molar-refractivity contribution < 1.29 is 13.5 Å². The van der Waals surface area contributed by atoms with Gasteiger partial charge < -0.3 is 10.4 Å². The van der Waals surface area contributed by atoms with Gasteiger partial charge in [-0.3, -0.25) is 0 Å². The highest BCUT2D eigenvalue weighted by atomic mass is 32.2. The van der Waals surface area contributed by atoms with Gasteiger partial charge in [0.05, 0.1) is 5.69 Å². The zero-order chi connectivity index (χ0) is 14.3. The lowest BCUT2D eigenvalue weighted by Gasteiger charge is -2.13. The molecule has 0 aliphatic heterocycles. The number of hydrogen-bond donors (Lipinski definition) is 3. The number of hydrogen-bond acceptors (Lipinski definition) is 4. The molecule has 5 nitrogen and oxygen atoms in total. The molecule has 0 spiro atoms. The van der Waals surface area contributed by atoms with Gasteiger partial charge in [-0.2, -0.15) is 0 Å². The van der Waals surface area contributed by atoms with Crippen molar-refractivity contribution in [3.05, 3.63) is 24.3 Å². The van der Waals surface area contributed by atoms with Gasteiger partial charge in [0, 0.05) is 13.2 Å². The molecule has 1 rings (SSSR count). The molecule has 1 aromatic rings. The minimum absolute atomic E-state index is 0.185. The monoisotopic (exact) mass is 286 g/mol. The number of sulfonamides is 1. The van der Waals surface area contributed by atoms with Gasteiger partial charge in [-0.15, -0.1) is 0 Å². The standard InChI is InChI=1S/C13H22N2O3S/c1-11(10-16)6-5-9-15-12-7-3-4-8-13(12)19(17,18)14-2/h3-4,7-8,11,14-16H,5-6,9-10H2,1-2H3. The Morgan fingerprint density at radius 3 is 2.63 bits per heavy atom. The van der Waals surface area contributed by atoms with E-state index >= 15 is 0 Å². The van der Waals surface area contributed by atoms with Crippen LogP contribution < -0.4 is 10.0 Å². The third-order valence-corrected chi connectivity index (χ3v) is 4.42. The maximum atomic E-state index is 11.8. The SMILES string of the molecule is CNS(=O)(=O)c1ccccc1NCCCC(C)CO. The Morgan fingerprint density at radius 1 is 1.32 bits per heavy atom. The van der Waals surface area contributed by atoms with E-state index in [0.717, 1.165) is 12.8 Å². The summed E-state index contributed by atoms with van der Waals surface area (Å²) < 4.78 is 26.0. The zero-order valence-corrected chi connectivity index (χ0v) is 12.2. The Bertz CT molecular complexity index is 488. The van der Waals surface area contributed by atoms with Gasteiger partial charge in [-0.1, -0.05) is 19.1 Å². The van der Waals surface area contributed by atoms with Gasteiger partial charge in [0.2, 0.25) is 10.0 Å². The Hall–Kier alpha value is -1.11. The van der Waals surface area contributed by atoms with Crippen molar-refractivity contribution in [1.82, 2.24) is 4.72 Å². The number of benzene rings is 1. The number of anilines is 1. The van der Waals surface area contributed by atoms with E-state index in [4.69, 9.17) is 5.11 Å². The fraction of sp³-hybridized carbons (Fsp3) is 0.538. The maximum Gasteiger partial charge on any atom is 0.242 e. The van der Waals surface area contributed by atoms with Crippen molar-refractivity contribution in [3.8, 4) is 0 Å². The van der Waals surface area contributed by atoms with Crippen molar-refractivity contribution in [2.75, 3.05) is 25.5 Å². The van der Waals surface area contributed by atoms with Crippen LogP contribution >= 0.6 is 0 Å². The summed E-state index contributed by atoms with van der Waals surface area (Å²) in [7, 11) is -2.04. The molecule has 0 saturated heterocycles. The van der Waals surface area contributed by atoms with E-state index in [-0.39, 0.29) is 17.4 Å². The van der Waals surface area contributed by atoms with Gasteiger partial charge in [0.15, 0.2) is 0 Å². The van der Waals surface area contributed by atoms with Gasteiger partial charge in [0.25, 0.3) is 0 Å². The molecule has 0 fully saturated rings. The second kappa shape index (κ2) is 7.47. The number of aliphatic hydroxyl groups excluding tert-OH is 1. The van der Waals surface area contributed by atoms with E-state index in [1.807, 2.05) is 6.92 Å². The topological polar surface area (TPSA) is 78.4 Å². The molecule has 0 aliphatic rings. The summed E-state index contributed by atoms with van der Waals surface area (Å²) in [6, 6.07) is 6.82. The van der Waals surface area contributed by atoms with Crippen molar-refractivity contribution in [2.45, 2.75) is 24.7 Å². The normalized spacial score (nSPS) is 13.2. The van der Waals surface area contributed by atoms with Gasteiger partial charge in [-0.05, 0) is 37.9 Å². The average Bonchev–Trinajstić information content (AvgIpc) is 2.43. The lowest BCUT2D eigenvalue weighted by Crippen LogP contribution is -2.20. The summed E-state index contributed by atoms with van der Waals surface area (Å²) in [4.78, 5) is 0.257. The van der Waals surface area contributed by atoms with E-state index in [1.165, 1.54) is 7.05 Å². The van der Waals surface area contributed by atoms with Crippen LogP contribution in [-0.2, 0) is 10.0 Å². The minimum Gasteiger partial charge on any atom is -0.396 e. The van der Waals surface area contributed by atoms with Crippen molar-refractivity contribution >= 4 is 15.7 Å². The van der Waals surface area contributed by atoms with E-state index in [2.05, 4.69) is 10.0 Å². The van der Waals surface area contributed by atoms with Crippen molar-refractivity contribution in [1.29, 1.82) is 0 Å². The first-order valence-electron chi connectivity index (χ1n) is 6.38. The fourth-order valence-electron chi connectivity index (χ4n) is 1.72. The summed E-state index contributed by atoms with van der Waals surface area (Å²) in [6.07, 6.45) is 1.79. The number of para-hydroxylation sites is 1. The number of aliphatic hydroxyl groups is 1. The largest absolute Gasteiger partial charge is 0.396 e. The highest BCUT2D eigenvalue weighted by molar-refractivity contribution is 7.89. The first-order valence-corrected chi connectivity index (χ1v) is 7.87. The predicted octanol–water partition coefficient (Wildman–Crippen LogP) is 1.42. The highest BCUT2D eigenvalue weighted by Gasteiger charge is 2.15. The molecule has 1 atom stereocenters. The second-order valence-electron chi connectivity index (χ2n) is 4.56.